The summed E-state index contributed by atoms with van der Waals surface area (Å²) in [5, 5.41) is 51.4. The number of oxime groups is 4. The Morgan fingerprint density at radius 3 is 1.21 bits per heavy atom. The largest absolute Gasteiger partial charge is 2.00 e. The normalized spacial score (nSPS) is 16.4. The van der Waals surface area contributed by atoms with Crippen molar-refractivity contribution >= 4 is 22.8 Å². The summed E-state index contributed by atoms with van der Waals surface area (Å²) in [6, 6.07) is 0. The first-order valence-corrected chi connectivity index (χ1v) is 8.81. The zero-order chi connectivity index (χ0) is 21.6. The van der Waals surface area contributed by atoms with Crippen LogP contribution in [-0.2, 0) is 16.8 Å². The summed E-state index contributed by atoms with van der Waals surface area (Å²) in [5.41, 5.74) is 1.25. The van der Waals surface area contributed by atoms with E-state index < -0.39 is 0 Å². The molecule has 4 N–H and O–H groups in total. The molecule has 1 radical (unpaired) electrons. The van der Waals surface area contributed by atoms with Crippen LogP contribution in [-0.4, -0.2) is 63.3 Å². The van der Waals surface area contributed by atoms with Crippen LogP contribution in [0.3, 0.4) is 0 Å². The van der Waals surface area contributed by atoms with E-state index >= 15 is 0 Å². The van der Waals surface area contributed by atoms with Gasteiger partial charge in [0, 0.05) is 0 Å². The first-order chi connectivity index (χ1) is 13.4. The van der Waals surface area contributed by atoms with Crippen LogP contribution < -0.4 is 0 Å². The Hall–Kier alpha value is -2.37. The Bertz CT molecular complexity index is 483. The van der Waals surface area contributed by atoms with Crippen LogP contribution in [0.1, 0.15) is 47.0 Å². The molecule has 11 heteroatoms. The predicted octanol–water partition coefficient (Wildman–Crippen LogP) is 4.36. The first kappa shape index (κ1) is 31.3. The molecule has 0 bridgehead atoms. The molecule has 0 aromatic carbocycles. The van der Waals surface area contributed by atoms with E-state index in [-0.39, 0.29) is 16.8 Å². The number of nitrogens with zero attached hydrogens (tertiary/aromatic N) is 6. The third-order valence-corrected chi connectivity index (χ3v) is 3.43. The molecule has 0 spiro atoms. The molecule has 1 saturated heterocycles. The summed E-state index contributed by atoms with van der Waals surface area (Å²) >= 11 is 0. The minimum Gasteiger partial charge on any atom is -0.687 e. The molecule has 2 rings (SSSR count). The molecule has 167 valence electrons. The molecule has 2 aliphatic rings. The molecule has 0 atom stereocenters. The van der Waals surface area contributed by atoms with Gasteiger partial charge in [-0.2, -0.15) is 6.20 Å². The van der Waals surface area contributed by atoms with Gasteiger partial charge in [0.15, 0.2) is 0 Å². The molecule has 1 fully saturated rings. The molecule has 2 aliphatic heterocycles. The summed E-state index contributed by atoms with van der Waals surface area (Å²) in [5.74, 6) is 0. The fourth-order valence-corrected chi connectivity index (χ4v) is 1.40. The monoisotopic (exact) mass is 455 g/mol. The van der Waals surface area contributed by atoms with Gasteiger partial charge in [-0.1, -0.05) is 52.0 Å². The average Bonchev–Trinajstić information content (AvgIpc) is 2.80. The minimum absolute atomic E-state index is 0. The number of hydrogen-bond acceptors (Lipinski definition) is 8. The molecule has 0 amide bonds. The maximum atomic E-state index is 8.03. The van der Waals surface area contributed by atoms with Crippen molar-refractivity contribution in [3.8, 4) is 0 Å². The van der Waals surface area contributed by atoms with Gasteiger partial charge >= 0.3 is 16.8 Å². The molecule has 0 aromatic rings. The molecular weight excluding hydrogens is 423 g/mol. The second-order valence-electron chi connectivity index (χ2n) is 5.61. The summed E-state index contributed by atoms with van der Waals surface area (Å²) in [7, 11) is 0. The number of piperidine rings is 1. The fourth-order valence-electron chi connectivity index (χ4n) is 1.40. The van der Waals surface area contributed by atoms with Crippen LogP contribution in [0.25, 0.3) is 10.6 Å². The van der Waals surface area contributed by atoms with Gasteiger partial charge in [0.25, 0.3) is 0 Å². The van der Waals surface area contributed by atoms with Crippen LogP contribution in [0.5, 0.6) is 0 Å². The smallest absolute Gasteiger partial charge is 0.687 e. The van der Waals surface area contributed by atoms with Crippen LogP contribution in [0, 0.1) is 0 Å². The second-order valence-corrected chi connectivity index (χ2v) is 5.61. The Labute approximate surface area is 183 Å². The Morgan fingerprint density at radius 1 is 0.690 bits per heavy atom. The van der Waals surface area contributed by atoms with Crippen LogP contribution in [0.4, 0.5) is 0 Å². The zero-order valence-electron chi connectivity index (χ0n) is 17.4. The van der Waals surface area contributed by atoms with Gasteiger partial charge < -0.3 is 31.5 Å². The minimum atomic E-state index is 0. The van der Waals surface area contributed by atoms with Crippen molar-refractivity contribution in [1.29, 1.82) is 0 Å². The van der Waals surface area contributed by atoms with Crippen molar-refractivity contribution in [2.45, 2.75) is 47.0 Å². The van der Waals surface area contributed by atoms with E-state index in [1.165, 1.54) is 47.0 Å². The molecule has 0 aliphatic carbocycles. The van der Waals surface area contributed by atoms with E-state index in [1.54, 1.807) is 6.20 Å². The number of rotatable bonds is 2. The molecule has 0 aromatic heterocycles. The van der Waals surface area contributed by atoms with E-state index in [2.05, 4.69) is 31.3 Å². The van der Waals surface area contributed by atoms with Gasteiger partial charge in [-0.25, -0.2) is 0 Å². The quantitative estimate of drug-likeness (QED) is 0.277. The molecule has 0 unspecified atom stereocenters. The van der Waals surface area contributed by atoms with E-state index in [0.717, 1.165) is 19.6 Å². The van der Waals surface area contributed by atoms with Crippen molar-refractivity contribution in [2.24, 2.45) is 20.6 Å². The van der Waals surface area contributed by atoms with E-state index in [4.69, 9.17) is 20.8 Å². The Kier molecular flexibility index (Phi) is 25.6. The molecular formula is C18H32CoN6O4. The number of allylic oxidation sites excluding steroid dienone is 2. The first-order valence-electron chi connectivity index (χ1n) is 8.81. The third kappa shape index (κ3) is 21.8. The van der Waals surface area contributed by atoms with E-state index in [0.29, 0.717) is 22.8 Å². The number of hydrogen-bond donors (Lipinski definition) is 4. The maximum Gasteiger partial charge on any atom is 2.00 e. The molecule has 29 heavy (non-hydrogen) atoms. The van der Waals surface area contributed by atoms with Gasteiger partial charge in [-0.15, -0.1) is 25.7 Å². The summed E-state index contributed by atoms with van der Waals surface area (Å²) < 4.78 is 0. The van der Waals surface area contributed by atoms with Crippen molar-refractivity contribution in [3.63, 3.8) is 0 Å². The van der Waals surface area contributed by atoms with Crippen molar-refractivity contribution in [2.75, 3.05) is 19.6 Å². The Morgan fingerprint density at radius 2 is 1.10 bits per heavy atom. The van der Waals surface area contributed by atoms with E-state index in [9.17, 15) is 0 Å². The van der Waals surface area contributed by atoms with Crippen LogP contribution in [0.15, 0.2) is 45.1 Å². The topological polar surface area (TPSA) is 159 Å². The van der Waals surface area contributed by atoms with Crippen molar-refractivity contribution in [1.82, 2.24) is 0 Å². The maximum absolute atomic E-state index is 8.03. The Balaban J connectivity index is -0.000000309. The second kappa shape index (κ2) is 23.7. The van der Waals surface area contributed by atoms with Gasteiger partial charge in [-0.05, 0) is 27.7 Å². The SMILES string of the molecule is C1=CC[N-]C=C1.C1CC[N-]CC1.CC(=N\O)/C(C)=N/O.CC(=N\O)/C(C)=N/O.[Co+2]. The van der Waals surface area contributed by atoms with Crippen molar-refractivity contribution in [3.05, 3.63) is 35.1 Å². The zero-order valence-corrected chi connectivity index (χ0v) is 18.4. The summed E-state index contributed by atoms with van der Waals surface area (Å²) in [6.45, 7) is 9.25. The molecule has 0 saturated carbocycles. The standard InChI is InChI=1S/C5H10N.C5H6N.2C4H8N2O2.Co/c2*1-2-4-6-5-3-1;2*1-3(5-7)4(2)6-8;/h1-5H2;1-4H,5H2;2*7-8H,1-2H3;/q2*-1;;;+2/b;;2*5-3+,6-4+;. The van der Waals surface area contributed by atoms with E-state index in [1.807, 2.05) is 18.2 Å². The van der Waals surface area contributed by atoms with Gasteiger partial charge in [0.1, 0.15) is 22.8 Å². The average molecular weight is 455 g/mol. The van der Waals surface area contributed by atoms with Gasteiger partial charge in [-0.3, -0.25) is 0 Å². The van der Waals surface area contributed by atoms with Gasteiger partial charge in [0.05, 0.1) is 0 Å². The van der Waals surface area contributed by atoms with Crippen LogP contribution in [0.2, 0.25) is 0 Å². The summed E-state index contributed by atoms with van der Waals surface area (Å²) in [6.07, 6.45) is 11.8. The molecule has 10 nitrogen and oxygen atoms in total. The third-order valence-electron chi connectivity index (χ3n) is 3.43. The van der Waals surface area contributed by atoms with Crippen LogP contribution >= 0.6 is 0 Å². The fraction of sp³-hybridized carbons (Fsp3) is 0.556. The molecule has 2 heterocycles. The van der Waals surface area contributed by atoms with Crippen molar-refractivity contribution < 1.29 is 37.6 Å². The predicted molar refractivity (Wildman–Crippen MR) is 113 cm³/mol. The summed E-state index contributed by atoms with van der Waals surface area (Å²) in [4.78, 5) is 0. The van der Waals surface area contributed by atoms with Gasteiger partial charge in [0.2, 0.25) is 0 Å².